The van der Waals surface area contributed by atoms with Crippen LogP contribution in [0.1, 0.15) is 15.9 Å². The van der Waals surface area contributed by atoms with Gasteiger partial charge in [-0.2, -0.15) is 0 Å². The number of benzene rings is 2. The van der Waals surface area contributed by atoms with Crippen LogP contribution in [0.4, 0.5) is 4.39 Å². The van der Waals surface area contributed by atoms with Gasteiger partial charge >= 0.3 is 0 Å². The second kappa shape index (κ2) is 10.9. The second-order valence-corrected chi connectivity index (χ2v) is 7.54. The van der Waals surface area contributed by atoms with Crippen molar-refractivity contribution in [2.45, 2.75) is 6.61 Å². The van der Waals surface area contributed by atoms with Crippen LogP contribution in [0, 0.1) is 5.82 Å². The molecule has 0 unspecified atom stereocenters. The minimum absolute atomic E-state index is 0.0894. The molecule has 170 valence electrons. The lowest BCUT2D eigenvalue weighted by Gasteiger charge is -2.17. The van der Waals surface area contributed by atoms with E-state index in [2.05, 4.69) is 5.32 Å². The first kappa shape index (κ1) is 23.5. The predicted octanol–water partition coefficient (Wildman–Crippen LogP) is 2.74. The predicted molar refractivity (Wildman–Crippen MR) is 117 cm³/mol. The summed E-state index contributed by atoms with van der Waals surface area (Å²) in [6.45, 7) is -0.243. The summed E-state index contributed by atoms with van der Waals surface area (Å²) in [4.78, 5) is 30.2. The number of halogens is 1. The number of ether oxygens (including phenoxy) is 2. The van der Waals surface area contributed by atoms with Crippen molar-refractivity contribution >= 4 is 33.2 Å². The Morgan fingerprint density at radius 3 is 2.78 bits per heavy atom. The van der Waals surface area contributed by atoms with Gasteiger partial charge in [0, 0.05) is 18.0 Å². The Morgan fingerprint density at radius 2 is 2.03 bits per heavy atom. The molecular formula is C22H23FN2O6S. The third-order valence-corrected chi connectivity index (χ3v) is 5.62. The molecule has 0 spiro atoms. The largest absolute Gasteiger partial charge is 0.493 e. The lowest BCUT2D eigenvalue weighted by molar-refractivity contribution is -0.181. The molecule has 2 amide bonds. The molecule has 2 aromatic carbocycles. The maximum absolute atomic E-state index is 13.8. The topological polar surface area (TPSA) is 97.3 Å². The standard InChI is InChI=1S/C22H23FN2O6S/c1-25(31-12-15-13-32-21-16(15)4-3-5-17(21)23)20(27)11-24-22(28)14-6-7-18(30-9-8-26)19(10-14)29-2/h3-7,10,13,26H,8-9,11-12H2,1-2H3,(H,24,28). The molecule has 0 aliphatic heterocycles. The first-order chi connectivity index (χ1) is 15.4. The van der Waals surface area contributed by atoms with Crippen LogP contribution in [0.2, 0.25) is 0 Å². The SMILES string of the molecule is COc1cc(C(=O)NCC(=O)N(C)OCc2csc3c(F)cccc23)ccc1OCCO. The van der Waals surface area contributed by atoms with Crippen molar-refractivity contribution in [2.75, 3.05) is 33.9 Å². The van der Waals surface area contributed by atoms with Gasteiger partial charge in [0.15, 0.2) is 11.5 Å². The van der Waals surface area contributed by atoms with E-state index in [4.69, 9.17) is 19.4 Å². The Morgan fingerprint density at radius 1 is 1.22 bits per heavy atom. The molecule has 2 N–H and O–H groups in total. The minimum atomic E-state index is -0.474. The highest BCUT2D eigenvalue weighted by molar-refractivity contribution is 7.17. The van der Waals surface area contributed by atoms with E-state index in [1.54, 1.807) is 23.6 Å². The van der Waals surface area contributed by atoms with Crippen LogP contribution in [0.3, 0.4) is 0 Å². The normalized spacial score (nSPS) is 10.8. The number of aliphatic hydroxyl groups excluding tert-OH is 1. The number of likely N-dealkylation sites (N-methyl/N-ethyl adjacent to an activating group) is 1. The molecule has 1 heterocycles. The van der Waals surface area contributed by atoms with Crippen LogP contribution in [0.25, 0.3) is 10.1 Å². The van der Waals surface area contributed by atoms with Crippen molar-refractivity contribution in [3.05, 3.63) is 58.7 Å². The zero-order chi connectivity index (χ0) is 23.1. The van der Waals surface area contributed by atoms with Gasteiger partial charge in [-0.1, -0.05) is 12.1 Å². The van der Waals surface area contributed by atoms with Crippen molar-refractivity contribution in [1.29, 1.82) is 0 Å². The number of fused-ring (bicyclic) bond motifs is 1. The summed E-state index contributed by atoms with van der Waals surface area (Å²) in [6, 6.07) is 9.37. The summed E-state index contributed by atoms with van der Waals surface area (Å²) < 4.78 is 24.9. The maximum atomic E-state index is 13.8. The van der Waals surface area contributed by atoms with E-state index in [-0.39, 0.29) is 37.7 Å². The van der Waals surface area contributed by atoms with Crippen LogP contribution in [-0.2, 0) is 16.2 Å². The van der Waals surface area contributed by atoms with Crippen molar-refractivity contribution in [3.63, 3.8) is 0 Å². The van der Waals surface area contributed by atoms with Gasteiger partial charge in [0.25, 0.3) is 11.8 Å². The van der Waals surface area contributed by atoms with E-state index in [9.17, 15) is 14.0 Å². The summed E-state index contributed by atoms with van der Waals surface area (Å²) >= 11 is 1.27. The van der Waals surface area contributed by atoms with E-state index in [0.29, 0.717) is 16.2 Å². The summed E-state index contributed by atoms with van der Waals surface area (Å²) in [5.41, 5.74) is 1.05. The fraction of sp³-hybridized carbons (Fsp3) is 0.273. The highest BCUT2D eigenvalue weighted by Crippen LogP contribution is 2.29. The molecule has 0 bridgehead atoms. The number of amides is 2. The van der Waals surface area contributed by atoms with E-state index >= 15 is 0 Å². The molecule has 10 heteroatoms. The van der Waals surface area contributed by atoms with Gasteiger partial charge in [-0.05, 0) is 35.2 Å². The average molecular weight is 462 g/mol. The Kier molecular flexibility index (Phi) is 7.98. The van der Waals surface area contributed by atoms with Gasteiger partial charge in [-0.3, -0.25) is 14.4 Å². The number of thiophene rings is 1. The average Bonchev–Trinajstić information content (AvgIpc) is 3.23. The van der Waals surface area contributed by atoms with Crippen molar-refractivity contribution in [1.82, 2.24) is 10.4 Å². The van der Waals surface area contributed by atoms with Crippen LogP contribution >= 0.6 is 11.3 Å². The zero-order valence-corrected chi connectivity index (χ0v) is 18.4. The van der Waals surface area contributed by atoms with Crippen LogP contribution < -0.4 is 14.8 Å². The Bertz CT molecular complexity index is 1100. The maximum Gasteiger partial charge on any atom is 0.265 e. The Balaban J connectivity index is 1.53. The third kappa shape index (κ3) is 5.52. The second-order valence-electron chi connectivity index (χ2n) is 6.66. The number of hydroxylamine groups is 2. The number of carbonyl (C=O) groups excluding carboxylic acids is 2. The van der Waals surface area contributed by atoms with Crippen molar-refractivity contribution < 1.29 is 33.4 Å². The summed E-state index contributed by atoms with van der Waals surface area (Å²) in [6.07, 6.45) is 0. The number of carbonyl (C=O) groups is 2. The fourth-order valence-electron chi connectivity index (χ4n) is 2.88. The molecule has 3 rings (SSSR count). The van der Waals surface area contributed by atoms with Crippen LogP contribution in [0.5, 0.6) is 11.5 Å². The van der Waals surface area contributed by atoms with Crippen LogP contribution in [0.15, 0.2) is 41.8 Å². The lowest BCUT2D eigenvalue weighted by Crippen LogP contribution is -2.38. The highest BCUT2D eigenvalue weighted by Gasteiger charge is 2.16. The quantitative estimate of drug-likeness (QED) is 0.450. The number of hydrogen-bond donors (Lipinski definition) is 2. The minimum Gasteiger partial charge on any atom is -0.493 e. The smallest absolute Gasteiger partial charge is 0.265 e. The monoisotopic (exact) mass is 462 g/mol. The molecule has 0 atom stereocenters. The van der Waals surface area contributed by atoms with E-state index in [1.807, 2.05) is 0 Å². The zero-order valence-electron chi connectivity index (χ0n) is 17.6. The van der Waals surface area contributed by atoms with E-state index in [0.717, 1.165) is 16.0 Å². The highest BCUT2D eigenvalue weighted by atomic mass is 32.1. The van der Waals surface area contributed by atoms with Gasteiger partial charge in [0.1, 0.15) is 19.0 Å². The molecule has 3 aromatic rings. The number of methoxy groups -OCH3 is 1. The molecule has 0 saturated heterocycles. The van der Waals surface area contributed by atoms with E-state index in [1.165, 1.54) is 43.7 Å². The number of nitrogens with zero attached hydrogens (tertiary/aromatic N) is 1. The number of hydrogen-bond acceptors (Lipinski definition) is 7. The molecule has 0 fully saturated rings. The molecule has 0 radical (unpaired) electrons. The number of nitrogens with one attached hydrogen (secondary N) is 1. The molecular weight excluding hydrogens is 439 g/mol. The summed E-state index contributed by atoms with van der Waals surface area (Å²) in [7, 11) is 2.88. The fourth-order valence-corrected chi connectivity index (χ4v) is 3.84. The lowest BCUT2D eigenvalue weighted by atomic mass is 10.2. The van der Waals surface area contributed by atoms with Crippen LogP contribution in [-0.4, -0.2) is 55.9 Å². The van der Waals surface area contributed by atoms with Gasteiger partial charge in [0.05, 0.1) is 25.0 Å². The Hall–Kier alpha value is -3.21. The van der Waals surface area contributed by atoms with Gasteiger partial charge < -0.3 is 19.9 Å². The van der Waals surface area contributed by atoms with Gasteiger partial charge in [-0.15, -0.1) is 11.3 Å². The van der Waals surface area contributed by atoms with Crippen molar-refractivity contribution in [2.24, 2.45) is 0 Å². The number of rotatable bonds is 10. The molecule has 0 aliphatic carbocycles. The van der Waals surface area contributed by atoms with E-state index < -0.39 is 11.8 Å². The van der Waals surface area contributed by atoms with Gasteiger partial charge in [0.2, 0.25) is 0 Å². The molecule has 32 heavy (non-hydrogen) atoms. The Labute approximate surface area is 188 Å². The first-order valence-corrected chi connectivity index (χ1v) is 10.6. The van der Waals surface area contributed by atoms with Gasteiger partial charge in [-0.25, -0.2) is 9.45 Å². The molecule has 8 nitrogen and oxygen atoms in total. The van der Waals surface area contributed by atoms with Crippen molar-refractivity contribution in [3.8, 4) is 11.5 Å². The molecule has 1 aromatic heterocycles. The molecule has 0 saturated carbocycles. The first-order valence-electron chi connectivity index (χ1n) is 9.68. The molecule has 0 aliphatic rings. The third-order valence-electron chi connectivity index (χ3n) is 4.57. The number of aliphatic hydroxyl groups is 1. The summed E-state index contributed by atoms with van der Waals surface area (Å²) in [5.74, 6) is -0.507. The summed E-state index contributed by atoms with van der Waals surface area (Å²) in [5, 5.41) is 15.0.